The Bertz CT molecular complexity index is 1260. The number of nitrogens with one attached hydrogen (secondary N) is 1. The molecule has 1 unspecified atom stereocenters. The van der Waals surface area contributed by atoms with Gasteiger partial charge in [0.2, 0.25) is 0 Å². The summed E-state index contributed by atoms with van der Waals surface area (Å²) < 4.78 is 70.7. The van der Waals surface area contributed by atoms with Gasteiger partial charge in [-0.3, -0.25) is 4.90 Å². The predicted molar refractivity (Wildman–Crippen MR) is 137 cm³/mol. The second kappa shape index (κ2) is 10.5. The SMILES string of the molecule is Cc1ccc(F)cc1-c1nc(N[S+]([O-])c2cccc(N3CCN(C(C)(C)C)CC3)n2)ccc1C(F)(F)F. The maximum Gasteiger partial charge on any atom is 0.418 e. The number of pyridine rings is 2. The number of piperazine rings is 1. The van der Waals surface area contributed by atoms with Crippen LogP contribution in [-0.4, -0.2) is 51.1 Å². The molecule has 3 heterocycles. The highest BCUT2D eigenvalue weighted by molar-refractivity contribution is 7.92. The van der Waals surface area contributed by atoms with Crippen LogP contribution in [0.15, 0.2) is 53.6 Å². The summed E-state index contributed by atoms with van der Waals surface area (Å²) in [4.78, 5) is 13.1. The van der Waals surface area contributed by atoms with Crippen molar-refractivity contribution in [2.24, 2.45) is 0 Å². The molecule has 1 fully saturated rings. The molecule has 1 atom stereocenters. The molecule has 1 N–H and O–H groups in total. The molecule has 0 aliphatic carbocycles. The zero-order valence-corrected chi connectivity index (χ0v) is 21.9. The van der Waals surface area contributed by atoms with E-state index in [1.54, 1.807) is 19.1 Å². The van der Waals surface area contributed by atoms with Gasteiger partial charge in [0.25, 0.3) is 5.03 Å². The average Bonchev–Trinajstić information content (AvgIpc) is 2.84. The van der Waals surface area contributed by atoms with Crippen molar-refractivity contribution in [3.63, 3.8) is 0 Å². The van der Waals surface area contributed by atoms with Crippen molar-refractivity contribution in [1.82, 2.24) is 14.9 Å². The molecule has 0 bridgehead atoms. The summed E-state index contributed by atoms with van der Waals surface area (Å²) in [5.74, 6) is -0.0459. The monoisotopic (exact) mass is 535 g/mol. The van der Waals surface area contributed by atoms with Gasteiger partial charge in [0, 0.05) is 43.3 Å². The number of hydrogen-bond acceptors (Lipinski definition) is 6. The first-order chi connectivity index (χ1) is 17.3. The maximum absolute atomic E-state index is 13.9. The van der Waals surface area contributed by atoms with Gasteiger partial charge < -0.3 is 9.45 Å². The minimum Gasteiger partial charge on any atom is -0.587 e. The van der Waals surface area contributed by atoms with Gasteiger partial charge in [0.15, 0.2) is 5.82 Å². The van der Waals surface area contributed by atoms with E-state index >= 15 is 0 Å². The fourth-order valence-corrected chi connectivity index (χ4v) is 5.02. The van der Waals surface area contributed by atoms with Crippen molar-refractivity contribution in [2.45, 2.75) is 44.4 Å². The van der Waals surface area contributed by atoms with E-state index in [1.165, 1.54) is 12.1 Å². The lowest BCUT2D eigenvalue weighted by molar-refractivity contribution is -0.137. The molecule has 1 aromatic carbocycles. The van der Waals surface area contributed by atoms with Crippen molar-refractivity contribution in [1.29, 1.82) is 0 Å². The summed E-state index contributed by atoms with van der Waals surface area (Å²) in [7, 11) is 0. The molecular weight excluding hydrogens is 506 g/mol. The Labute approximate surface area is 217 Å². The topological polar surface area (TPSA) is 67.4 Å². The normalized spacial score (nSPS) is 16.1. The Hall–Kier alpha value is -2.89. The van der Waals surface area contributed by atoms with Crippen LogP contribution in [0.1, 0.15) is 31.9 Å². The molecule has 6 nitrogen and oxygen atoms in total. The highest BCUT2D eigenvalue weighted by atomic mass is 32.2. The number of anilines is 2. The highest BCUT2D eigenvalue weighted by Crippen LogP contribution is 2.38. The summed E-state index contributed by atoms with van der Waals surface area (Å²) >= 11 is -1.89. The van der Waals surface area contributed by atoms with E-state index in [1.807, 2.05) is 6.07 Å². The zero-order valence-electron chi connectivity index (χ0n) is 21.1. The third-order valence-electron chi connectivity index (χ3n) is 6.30. The van der Waals surface area contributed by atoms with E-state index in [9.17, 15) is 22.1 Å². The molecule has 1 aliphatic rings. The first-order valence-electron chi connectivity index (χ1n) is 11.8. The molecule has 3 aromatic rings. The number of aromatic nitrogens is 2. The molecule has 0 radical (unpaired) electrons. The molecule has 1 aliphatic heterocycles. The number of benzene rings is 1. The summed E-state index contributed by atoms with van der Waals surface area (Å²) in [6, 6.07) is 10.7. The van der Waals surface area contributed by atoms with Crippen molar-refractivity contribution in [2.75, 3.05) is 35.8 Å². The number of rotatable bonds is 5. The predicted octanol–water partition coefficient (Wildman–Crippen LogP) is 5.67. The number of alkyl halides is 3. The van der Waals surface area contributed by atoms with Crippen LogP contribution in [0.5, 0.6) is 0 Å². The third-order valence-corrected chi connectivity index (χ3v) is 7.31. The first kappa shape index (κ1) is 27.2. The number of nitrogens with zero attached hydrogens (tertiary/aromatic N) is 4. The summed E-state index contributed by atoms with van der Waals surface area (Å²) in [6.07, 6.45) is -4.70. The molecule has 37 heavy (non-hydrogen) atoms. The summed E-state index contributed by atoms with van der Waals surface area (Å²) in [6.45, 7) is 11.4. The standard InChI is InChI=1S/C26H29F4N5OS/c1-17-8-9-18(27)16-19(17)24-20(26(28,29)30)10-11-21(31-24)33-37(36)23-7-5-6-22(32-23)34-12-14-35(15-13-34)25(2,3)4/h5-11,16H,12-15H2,1-4H3,(H,31,33). The molecule has 1 saturated heterocycles. The quantitative estimate of drug-likeness (QED) is 0.336. The highest BCUT2D eigenvalue weighted by Gasteiger charge is 2.35. The fourth-order valence-electron chi connectivity index (χ4n) is 4.24. The lowest BCUT2D eigenvalue weighted by Crippen LogP contribution is -2.53. The maximum atomic E-state index is 13.9. The molecule has 0 spiro atoms. The Kier molecular flexibility index (Phi) is 7.68. The van der Waals surface area contributed by atoms with Gasteiger partial charge in [-0.15, -0.1) is 0 Å². The van der Waals surface area contributed by atoms with E-state index in [4.69, 9.17) is 0 Å². The van der Waals surface area contributed by atoms with Gasteiger partial charge in [-0.25, -0.2) is 9.37 Å². The summed E-state index contributed by atoms with van der Waals surface area (Å²) in [5, 5.41) is 0.223. The van der Waals surface area contributed by atoms with Crippen LogP contribution in [0.25, 0.3) is 11.3 Å². The van der Waals surface area contributed by atoms with Crippen LogP contribution >= 0.6 is 0 Å². The lowest BCUT2D eigenvalue weighted by atomic mass is 10.0. The second-order valence-corrected chi connectivity index (χ2v) is 11.1. The number of aryl methyl sites for hydroxylation is 1. The zero-order chi connectivity index (χ0) is 27.0. The van der Waals surface area contributed by atoms with Crippen molar-refractivity contribution >= 4 is 23.0 Å². The lowest BCUT2D eigenvalue weighted by Gasteiger charge is -2.42. The van der Waals surface area contributed by atoms with Gasteiger partial charge >= 0.3 is 6.18 Å². The van der Waals surface area contributed by atoms with Crippen molar-refractivity contribution < 1.29 is 22.1 Å². The molecular formula is C26H29F4N5OS. The van der Waals surface area contributed by atoms with Gasteiger partial charge in [0.1, 0.15) is 23.0 Å². The molecule has 2 aromatic heterocycles. The van der Waals surface area contributed by atoms with Crippen LogP contribution in [0.4, 0.5) is 29.2 Å². The molecule has 0 saturated carbocycles. The molecule has 198 valence electrons. The summed E-state index contributed by atoms with van der Waals surface area (Å²) in [5.41, 5.74) is -0.934. The van der Waals surface area contributed by atoms with E-state index in [-0.39, 0.29) is 21.9 Å². The Morgan fingerprint density at radius 2 is 1.65 bits per heavy atom. The van der Waals surface area contributed by atoms with Crippen LogP contribution < -0.4 is 9.62 Å². The van der Waals surface area contributed by atoms with E-state index in [0.717, 1.165) is 44.4 Å². The molecule has 11 heteroatoms. The fraction of sp³-hybridized carbons (Fsp3) is 0.385. The van der Waals surface area contributed by atoms with Gasteiger partial charge in [-0.2, -0.15) is 22.9 Å². The van der Waals surface area contributed by atoms with Gasteiger partial charge in [-0.05, 0) is 63.6 Å². The van der Waals surface area contributed by atoms with Gasteiger partial charge in [-0.1, -0.05) is 12.1 Å². The minimum atomic E-state index is -4.70. The smallest absolute Gasteiger partial charge is 0.418 e. The molecule has 0 amide bonds. The van der Waals surface area contributed by atoms with Crippen LogP contribution in [0.2, 0.25) is 0 Å². The van der Waals surface area contributed by atoms with Crippen LogP contribution in [0.3, 0.4) is 0 Å². The minimum absolute atomic E-state index is 0.0104. The Morgan fingerprint density at radius 1 is 0.946 bits per heavy atom. The molecule has 4 rings (SSSR count). The van der Waals surface area contributed by atoms with Crippen molar-refractivity contribution in [3.8, 4) is 11.3 Å². The largest absolute Gasteiger partial charge is 0.587 e. The van der Waals surface area contributed by atoms with E-state index in [2.05, 4.69) is 45.3 Å². The average molecular weight is 536 g/mol. The first-order valence-corrected chi connectivity index (χ1v) is 13.0. The number of halogens is 4. The van der Waals surface area contributed by atoms with Crippen molar-refractivity contribution in [3.05, 3.63) is 65.5 Å². The van der Waals surface area contributed by atoms with E-state index < -0.39 is 34.6 Å². The van der Waals surface area contributed by atoms with Gasteiger partial charge in [0.05, 0.1) is 11.3 Å². The van der Waals surface area contributed by atoms with Crippen LogP contribution in [-0.2, 0) is 17.5 Å². The Morgan fingerprint density at radius 3 is 2.30 bits per heavy atom. The second-order valence-electron chi connectivity index (χ2n) is 9.90. The van der Waals surface area contributed by atoms with E-state index in [0.29, 0.717) is 11.4 Å². The third kappa shape index (κ3) is 6.34. The number of hydrogen-bond donors (Lipinski definition) is 1. The Balaban J connectivity index is 1.56. The van der Waals surface area contributed by atoms with Crippen LogP contribution in [0, 0.1) is 12.7 Å².